The first-order valence-corrected chi connectivity index (χ1v) is 8.20. The van der Waals surface area contributed by atoms with Gasteiger partial charge in [-0.05, 0) is 41.3 Å². The molecule has 1 aliphatic carbocycles. The van der Waals surface area contributed by atoms with E-state index in [1.54, 1.807) is 0 Å². The Hall–Kier alpha value is -2.39. The van der Waals surface area contributed by atoms with Gasteiger partial charge in [-0.3, -0.25) is 4.90 Å². The number of rotatable bonds is 1. The highest BCUT2D eigenvalue weighted by Gasteiger charge is 2.26. The van der Waals surface area contributed by atoms with E-state index in [0.29, 0.717) is 6.04 Å². The Labute approximate surface area is 136 Å². The number of hydrogen-bond acceptors (Lipinski definition) is 2. The highest BCUT2D eigenvalue weighted by atomic mass is 15.2. The van der Waals surface area contributed by atoms with Crippen molar-refractivity contribution in [2.24, 2.45) is 0 Å². The smallest absolute Gasteiger partial charge is 0.0954 e. The minimum Gasteiger partial charge on any atom is -0.325 e. The molecule has 114 valence electrons. The third kappa shape index (κ3) is 1.97. The van der Waals surface area contributed by atoms with Crippen LogP contribution in [0.5, 0.6) is 0 Å². The quantitative estimate of drug-likeness (QED) is 0.536. The Bertz CT molecular complexity index is 893. The van der Waals surface area contributed by atoms with Crippen molar-refractivity contribution in [2.45, 2.75) is 19.0 Å². The van der Waals surface area contributed by atoms with Crippen LogP contribution in [0, 0.1) is 0 Å². The summed E-state index contributed by atoms with van der Waals surface area (Å²) < 4.78 is 2.34. The van der Waals surface area contributed by atoms with Crippen molar-refractivity contribution in [1.82, 2.24) is 14.5 Å². The van der Waals surface area contributed by atoms with Crippen LogP contribution >= 0.6 is 0 Å². The van der Waals surface area contributed by atoms with Gasteiger partial charge in [-0.25, -0.2) is 4.98 Å². The molecule has 3 aromatic rings. The van der Waals surface area contributed by atoms with Crippen molar-refractivity contribution in [1.29, 1.82) is 0 Å². The Kier molecular flexibility index (Phi) is 2.73. The second-order valence-electron chi connectivity index (χ2n) is 6.76. The summed E-state index contributed by atoms with van der Waals surface area (Å²) in [4.78, 5) is 6.73. The molecular weight excluding hydrogens is 282 g/mol. The predicted octanol–water partition coefficient (Wildman–Crippen LogP) is 3.49. The third-order valence-corrected chi connectivity index (χ3v) is 5.20. The number of benzene rings is 2. The van der Waals surface area contributed by atoms with Gasteiger partial charge in [0.05, 0.1) is 18.1 Å². The van der Waals surface area contributed by atoms with Crippen molar-refractivity contribution in [3.05, 3.63) is 77.4 Å². The Balaban J connectivity index is 1.58. The van der Waals surface area contributed by atoms with E-state index in [1.165, 1.54) is 33.5 Å². The lowest BCUT2D eigenvalue weighted by Gasteiger charge is -2.32. The van der Waals surface area contributed by atoms with Crippen LogP contribution in [0.3, 0.4) is 0 Å². The van der Waals surface area contributed by atoms with Crippen LogP contribution in [0.4, 0.5) is 0 Å². The third-order valence-electron chi connectivity index (χ3n) is 5.20. The summed E-state index contributed by atoms with van der Waals surface area (Å²) in [5, 5.41) is 0. The zero-order valence-corrected chi connectivity index (χ0v) is 13.2. The molecule has 1 aromatic heterocycles. The Morgan fingerprint density at radius 1 is 1.04 bits per heavy atom. The topological polar surface area (TPSA) is 21.1 Å². The number of fused-ring (bicyclic) bond motifs is 4. The molecule has 2 heterocycles. The molecule has 3 heteroatoms. The van der Waals surface area contributed by atoms with Gasteiger partial charge in [0, 0.05) is 19.3 Å². The van der Waals surface area contributed by atoms with E-state index in [-0.39, 0.29) is 0 Å². The van der Waals surface area contributed by atoms with E-state index in [0.717, 1.165) is 19.5 Å². The molecule has 0 N–H and O–H groups in total. The second-order valence-corrected chi connectivity index (χ2v) is 6.76. The molecule has 1 aliphatic heterocycles. The number of hydrogen-bond donors (Lipinski definition) is 0. The van der Waals surface area contributed by atoms with Crippen LogP contribution in [-0.4, -0.2) is 28.0 Å². The molecule has 1 atom stereocenters. The van der Waals surface area contributed by atoms with Gasteiger partial charge < -0.3 is 4.57 Å². The van der Waals surface area contributed by atoms with Gasteiger partial charge in [0.15, 0.2) is 0 Å². The maximum atomic E-state index is 4.36. The van der Waals surface area contributed by atoms with Gasteiger partial charge in [0.25, 0.3) is 0 Å². The van der Waals surface area contributed by atoms with E-state index in [4.69, 9.17) is 0 Å². The molecule has 3 nitrogen and oxygen atoms in total. The summed E-state index contributed by atoms with van der Waals surface area (Å²) in [6.45, 7) is 2.02. The van der Waals surface area contributed by atoms with Crippen LogP contribution in [0.1, 0.15) is 28.4 Å². The Morgan fingerprint density at radius 2 is 1.91 bits per heavy atom. The lowest BCUT2D eigenvalue weighted by atomic mass is 9.98. The molecule has 0 amide bonds. The lowest BCUT2D eigenvalue weighted by Crippen LogP contribution is -2.34. The van der Waals surface area contributed by atoms with Crippen LogP contribution in [-0.2, 0) is 13.0 Å². The predicted molar refractivity (Wildman–Crippen MR) is 91.4 cm³/mol. The summed E-state index contributed by atoms with van der Waals surface area (Å²) >= 11 is 0. The van der Waals surface area contributed by atoms with Crippen LogP contribution in [0.15, 0.2) is 55.0 Å². The van der Waals surface area contributed by atoms with Crippen LogP contribution in [0.2, 0.25) is 0 Å². The fraction of sp³-hybridized carbons (Fsp3) is 0.250. The molecule has 2 aromatic carbocycles. The molecule has 1 unspecified atom stereocenters. The average Bonchev–Trinajstić information content (AvgIpc) is 3.17. The number of nitrogens with zero attached hydrogens (tertiary/aromatic N) is 3. The van der Waals surface area contributed by atoms with E-state index >= 15 is 0 Å². The standard InChI is InChI=1S/C20H19N3/c1-22-11-17-10-21-13-23(17)20(12-22)15-6-7-19-16(9-15)8-14-4-2-3-5-18(14)19/h2-7,9-10,13,20H,8,11-12H2,1H3. The summed E-state index contributed by atoms with van der Waals surface area (Å²) in [6.07, 6.45) is 5.03. The second kappa shape index (κ2) is 4.80. The van der Waals surface area contributed by atoms with Crippen molar-refractivity contribution < 1.29 is 0 Å². The largest absolute Gasteiger partial charge is 0.325 e. The first-order valence-electron chi connectivity index (χ1n) is 8.20. The lowest BCUT2D eigenvalue weighted by molar-refractivity contribution is 0.243. The molecule has 0 radical (unpaired) electrons. The highest BCUT2D eigenvalue weighted by molar-refractivity contribution is 5.77. The van der Waals surface area contributed by atoms with Gasteiger partial charge >= 0.3 is 0 Å². The van der Waals surface area contributed by atoms with Gasteiger partial charge in [-0.1, -0.05) is 42.5 Å². The molecule has 0 bridgehead atoms. The molecule has 2 aliphatic rings. The molecule has 0 spiro atoms. The molecule has 23 heavy (non-hydrogen) atoms. The SMILES string of the molecule is CN1Cc2cncn2C(c2ccc3c(c2)Cc2ccccc2-3)C1. The van der Waals surface area contributed by atoms with Gasteiger partial charge in [-0.2, -0.15) is 0 Å². The molecule has 0 fully saturated rings. The maximum absolute atomic E-state index is 4.36. The van der Waals surface area contributed by atoms with Gasteiger partial charge in [0.2, 0.25) is 0 Å². The first-order chi connectivity index (χ1) is 11.3. The summed E-state index contributed by atoms with van der Waals surface area (Å²) in [5.41, 5.74) is 8.40. The van der Waals surface area contributed by atoms with E-state index in [2.05, 4.69) is 64.0 Å². The first kappa shape index (κ1) is 13.1. The fourth-order valence-electron chi connectivity index (χ4n) is 4.10. The van der Waals surface area contributed by atoms with E-state index < -0.39 is 0 Å². The number of likely N-dealkylation sites (N-methyl/N-ethyl adjacent to an activating group) is 1. The average molecular weight is 301 g/mol. The monoisotopic (exact) mass is 301 g/mol. The maximum Gasteiger partial charge on any atom is 0.0954 e. The van der Waals surface area contributed by atoms with Crippen molar-refractivity contribution in [2.75, 3.05) is 13.6 Å². The molecular formula is C20H19N3. The molecule has 0 saturated heterocycles. The summed E-state index contributed by atoms with van der Waals surface area (Å²) in [6, 6.07) is 16.1. The minimum atomic E-state index is 0.361. The van der Waals surface area contributed by atoms with Crippen LogP contribution < -0.4 is 0 Å². The van der Waals surface area contributed by atoms with Gasteiger partial charge in [-0.15, -0.1) is 0 Å². The van der Waals surface area contributed by atoms with E-state index in [9.17, 15) is 0 Å². The van der Waals surface area contributed by atoms with Gasteiger partial charge in [0.1, 0.15) is 0 Å². The van der Waals surface area contributed by atoms with Crippen molar-refractivity contribution in [3.63, 3.8) is 0 Å². The summed E-state index contributed by atoms with van der Waals surface area (Å²) in [7, 11) is 2.19. The minimum absolute atomic E-state index is 0.361. The zero-order valence-electron chi connectivity index (χ0n) is 13.2. The zero-order chi connectivity index (χ0) is 15.4. The van der Waals surface area contributed by atoms with Crippen LogP contribution in [0.25, 0.3) is 11.1 Å². The number of imidazole rings is 1. The Morgan fingerprint density at radius 3 is 2.87 bits per heavy atom. The highest BCUT2D eigenvalue weighted by Crippen LogP contribution is 2.38. The molecule has 5 rings (SSSR count). The normalized spacial score (nSPS) is 19.3. The van der Waals surface area contributed by atoms with Crippen molar-refractivity contribution >= 4 is 0 Å². The van der Waals surface area contributed by atoms with E-state index in [1.807, 2.05) is 12.5 Å². The summed E-state index contributed by atoms with van der Waals surface area (Å²) in [5.74, 6) is 0. The number of aromatic nitrogens is 2. The van der Waals surface area contributed by atoms with Crippen molar-refractivity contribution in [3.8, 4) is 11.1 Å². The fourth-order valence-corrected chi connectivity index (χ4v) is 4.10. The molecule has 0 saturated carbocycles.